The second-order valence-corrected chi connectivity index (χ2v) is 2.60. The van der Waals surface area contributed by atoms with Gasteiger partial charge in [0.2, 0.25) is 5.89 Å². The Morgan fingerprint density at radius 1 is 1.31 bits per heavy atom. The van der Waals surface area contributed by atoms with Gasteiger partial charge >= 0.3 is 0 Å². The number of rotatable bonds is 1. The van der Waals surface area contributed by atoms with Gasteiger partial charge in [0.25, 0.3) is 0 Å². The van der Waals surface area contributed by atoms with Gasteiger partial charge in [-0.05, 0) is 6.92 Å². The minimum absolute atomic E-state index is 0.428. The predicted molar refractivity (Wildman–Crippen MR) is 46.7 cm³/mol. The van der Waals surface area contributed by atoms with Gasteiger partial charge in [0.1, 0.15) is 12.1 Å². The second-order valence-electron chi connectivity index (χ2n) is 2.60. The Labute approximate surface area is 74.6 Å². The molecule has 13 heavy (non-hydrogen) atoms. The van der Waals surface area contributed by atoms with E-state index in [1.54, 1.807) is 6.20 Å². The molecule has 0 unspecified atom stereocenters. The van der Waals surface area contributed by atoms with E-state index in [0.29, 0.717) is 17.3 Å². The lowest BCUT2D eigenvalue weighted by molar-refractivity contribution is 0.540. The van der Waals surface area contributed by atoms with E-state index in [1.807, 2.05) is 6.92 Å². The van der Waals surface area contributed by atoms with Crippen LogP contribution in [0.2, 0.25) is 0 Å². The first-order valence-corrected chi connectivity index (χ1v) is 3.75. The molecule has 0 atom stereocenters. The van der Waals surface area contributed by atoms with Gasteiger partial charge in [-0.25, -0.2) is 15.0 Å². The maximum absolute atomic E-state index is 5.64. The van der Waals surface area contributed by atoms with Gasteiger partial charge in [0.05, 0.1) is 18.1 Å². The molecule has 5 heteroatoms. The molecular weight excluding hydrogens is 168 g/mol. The number of nitrogens with two attached hydrogens (primary N) is 1. The number of anilines is 1. The molecule has 2 rings (SSSR count). The maximum atomic E-state index is 5.64. The monoisotopic (exact) mass is 176 g/mol. The lowest BCUT2D eigenvalue weighted by atomic mass is 10.3. The topological polar surface area (TPSA) is 77.8 Å². The SMILES string of the molecule is Cc1cnc(-c2ncncc2N)o1. The lowest BCUT2D eigenvalue weighted by Crippen LogP contribution is -1.93. The van der Waals surface area contributed by atoms with Crippen molar-refractivity contribution in [3.63, 3.8) is 0 Å². The number of hydrogen-bond acceptors (Lipinski definition) is 5. The van der Waals surface area contributed by atoms with Crippen LogP contribution in [-0.2, 0) is 0 Å². The van der Waals surface area contributed by atoms with E-state index in [4.69, 9.17) is 10.2 Å². The highest BCUT2D eigenvalue weighted by atomic mass is 16.4. The Balaban J connectivity index is 2.52. The summed E-state index contributed by atoms with van der Waals surface area (Å²) >= 11 is 0. The van der Waals surface area contributed by atoms with Crippen LogP contribution in [-0.4, -0.2) is 15.0 Å². The minimum atomic E-state index is 0.428. The van der Waals surface area contributed by atoms with E-state index in [0.717, 1.165) is 5.76 Å². The van der Waals surface area contributed by atoms with Crippen LogP contribution < -0.4 is 5.73 Å². The van der Waals surface area contributed by atoms with Crippen LogP contribution in [0.15, 0.2) is 23.1 Å². The molecule has 0 spiro atoms. The van der Waals surface area contributed by atoms with E-state index in [9.17, 15) is 0 Å². The molecule has 66 valence electrons. The molecule has 2 N–H and O–H groups in total. The van der Waals surface area contributed by atoms with Gasteiger partial charge in [0, 0.05) is 0 Å². The molecule has 2 aromatic heterocycles. The molecule has 0 saturated carbocycles. The number of hydrogen-bond donors (Lipinski definition) is 1. The van der Waals surface area contributed by atoms with Crippen LogP contribution in [0.3, 0.4) is 0 Å². The Morgan fingerprint density at radius 3 is 2.77 bits per heavy atom. The molecule has 0 aliphatic carbocycles. The van der Waals surface area contributed by atoms with E-state index < -0.39 is 0 Å². The van der Waals surface area contributed by atoms with Gasteiger partial charge in [-0.3, -0.25) is 0 Å². The third kappa shape index (κ3) is 1.35. The van der Waals surface area contributed by atoms with Crippen LogP contribution >= 0.6 is 0 Å². The summed E-state index contributed by atoms with van der Waals surface area (Å²) in [4.78, 5) is 11.8. The summed E-state index contributed by atoms with van der Waals surface area (Å²) in [5, 5.41) is 0. The van der Waals surface area contributed by atoms with Crippen molar-refractivity contribution in [1.29, 1.82) is 0 Å². The molecule has 2 heterocycles. The highest BCUT2D eigenvalue weighted by Gasteiger charge is 2.08. The first-order valence-electron chi connectivity index (χ1n) is 3.75. The Hall–Kier alpha value is -1.91. The number of nitrogens with zero attached hydrogens (tertiary/aromatic N) is 3. The summed E-state index contributed by atoms with van der Waals surface area (Å²) in [5.41, 5.74) is 6.63. The predicted octanol–water partition coefficient (Wildman–Crippen LogP) is 1.02. The van der Waals surface area contributed by atoms with Crippen molar-refractivity contribution in [3.05, 3.63) is 24.5 Å². The van der Waals surface area contributed by atoms with Crippen molar-refractivity contribution in [2.45, 2.75) is 6.92 Å². The van der Waals surface area contributed by atoms with Crippen LogP contribution in [0.25, 0.3) is 11.6 Å². The smallest absolute Gasteiger partial charge is 0.247 e. The third-order valence-electron chi connectivity index (χ3n) is 1.56. The van der Waals surface area contributed by atoms with E-state index in [1.165, 1.54) is 12.5 Å². The molecule has 2 aromatic rings. The Bertz CT molecular complexity index is 424. The van der Waals surface area contributed by atoms with Crippen molar-refractivity contribution in [1.82, 2.24) is 15.0 Å². The lowest BCUT2D eigenvalue weighted by Gasteiger charge is -1.96. The zero-order chi connectivity index (χ0) is 9.26. The van der Waals surface area contributed by atoms with Gasteiger partial charge in [-0.15, -0.1) is 0 Å². The molecular formula is C8H8N4O. The first kappa shape index (κ1) is 7.72. The summed E-state index contributed by atoms with van der Waals surface area (Å²) in [5.74, 6) is 1.16. The molecule has 0 amide bonds. The second kappa shape index (κ2) is 2.85. The molecule has 0 bridgehead atoms. The van der Waals surface area contributed by atoms with Crippen molar-refractivity contribution in [2.75, 3.05) is 5.73 Å². The molecule has 0 fully saturated rings. The summed E-state index contributed by atoms with van der Waals surface area (Å²) in [7, 11) is 0. The van der Waals surface area contributed by atoms with E-state index >= 15 is 0 Å². The van der Waals surface area contributed by atoms with Gasteiger partial charge in [-0.2, -0.15) is 0 Å². The third-order valence-corrected chi connectivity index (χ3v) is 1.56. The molecule has 5 nitrogen and oxygen atoms in total. The van der Waals surface area contributed by atoms with Gasteiger partial charge in [-0.1, -0.05) is 0 Å². The van der Waals surface area contributed by atoms with Crippen LogP contribution in [0, 0.1) is 6.92 Å². The number of nitrogen functional groups attached to an aromatic ring is 1. The summed E-state index contributed by atoms with van der Waals surface area (Å²) < 4.78 is 5.27. The van der Waals surface area contributed by atoms with E-state index in [2.05, 4.69) is 15.0 Å². The quantitative estimate of drug-likeness (QED) is 0.701. The number of oxazole rings is 1. The van der Waals surface area contributed by atoms with Crippen molar-refractivity contribution < 1.29 is 4.42 Å². The first-order chi connectivity index (χ1) is 6.27. The van der Waals surface area contributed by atoms with Crippen LogP contribution in [0.4, 0.5) is 5.69 Å². The van der Waals surface area contributed by atoms with Crippen LogP contribution in [0.1, 0.15) is 5.76 Å². The zero-order valence-corrected chi connectivity index (χ0v) is 7.06. The summed E-state index contributed by atoms with van der Waals surface area (Å²) in [6, 6.07) is 0. The van der Waals surface area contributed by atoms with E-state index in [-0.39, 0.29) is 0 Å². The average molecular weight is 176 g/mol. The minimum Gasteiger partial charge on any atom is -0.440 e. The Morgan fingerprint density at radius 2 is 2.15 bits per heavy atom. The average Bonchev–Trinajstić information content (AvgIpc) is 2.53. The molecule has 0 aromatic carbocycles. The van der Waals surface area contributed by atoms with Crippen molar-refractivity contribution in [3.8, 4) is 11.6 Å². The zero-order valence-electron chi connectivity index (χ0n) is 7.06. The fourth-order valence-corrected chi connectivity index (χ4v) is 0.983. The fourth-order valence-electron chi connectivity index (χ4n) is 0.983. The largest absolute Gasteiger partial charge is 0.440 e. The fraction of sp³-hybridized carbons (Fsp3) is 0.125. The number of aromatic nitrogens is 3. The Kier molecular flexibility index (Phi) is 1.70. The summed E-state index contributed by atoms with van der Waals surface area (Å²) in [6.07, 6.45) is 4.55. The highest BCUT2D eigenvalue weighted by Crippen LogP contribution is 2.20. The van der Waals surface area contributed by atoms with Crippen molar-refractivity contribution >= 4 is 5.69 Å². The number of aryl methyl sites for hydroxylation is 1. The normalized spacial score (nSPS) is 10.2. The molecule has 0 aliphatic heterocycles. The van der Waals surface area contributed by atoms with Crippen LogP contribution in [0.5, 0.6) is 0 Å². The van der Waals surface area contributed by atoms with Crippen molar-refractivity contribution in [2.24, 2.45) is 0 Å². The molecule has 0 aliphatic rings. The van der Waals surface area contributed by atoms with Gasteiger partial charge in [0.15, 0.2) is 5.69 Å². The van der Waals surface area contributed by atoms with Gasteiger partial charge < -0.3 is 10.2 Å². The standard InChI is InChI=1S/C8H8N4O/c1-5-2-11-8(13-5)7-6(9)3-10-4-12-7/h2-4H,9H2,1H3. The summed E-state index contributed by atoms with van der Waals surface area (Å²) in [6.45, 7) is 1.81. The molecule has 0 radical (unpaired) electrons. The maximum Gasteiger partial charge on any atom is 0.247 e. The highest BCUT2D eigenvalue weighted by molar-refractivity contribution is 5.64. The molecule has 0 saturated heterocycles.